The van der Waals surface area contributed by atoms with Gasteiger partial charge in [-0.3, -0.25) is 14.5 Å². The SMILES string of the molecule is CCCCCCCCCCCC(=O)O.CCCCCCCCCCCCCC(=O)O.OCCN(CCO)CCO. The maximum atomic E-state index is 10.3. The van der Waals surface area contributed by atoms with Gasteiger partial charge in [0.2, 0.25) is 0 Å². The van der Waals surface area contributed by atoms with Crippen LogP contribution in [0.1, 0.15) is 155 Å². The summed E-state index contributed by atoms with van der Waals surface area (Å²) < 4.78 is 0. The van der Waals surface area contributed by atoms with Crippen molar-refractivity contribution in [1.82, 2.24) is 4.90 Å². The van der Waals surface area contributed by atoms with Crippen LogP contribution in [-0.2, 0) is 9.59 Å². The molecule has 0 aromatic carbocycles. The molecule has 0 heterocycles. The molecule has 8 nitrogen and oxygen atoms in total. The first-order valence-electron chi connectivity index (χ1n) is 16.4. The molecule has 40 heavy (non-hydrogen) atoms. The number of unbranched alkanes of at least 4 members (excludes halogenated alkanes) is 18. The highest BCUT2D eigenvalue weighted by Gasteiger charge is 2.00. The third-order valence-electron chi connectivity index (χ3n) is 6.74. The van der Waals surface area contributed by atoms with Crippen molar-refractivity contribution in [2.75, 3.05) is 39.5 Å². The maximum Gasteiger partial charge on any atom is 0.303 e. The molecule has 0 aliphatic heterocycles. The number of aliphatic carboxylic acids is 2. The number of carboxylic acids is 2. The molecule has 0 aromatic heterocycles. The Bertz CT molecular complexity index is 478. The van der Waals surface area contributed by atoms with Crippen LogP contribution in [0.2, 0.25) is 0 Å². The summed E-state index contributed by atoms with van der Waals surface area (Å²) in [4.78, 5) is 22.3. The molecule has 0 spiro atoms. The second-order valence-electron chi connectivity index (χ2n) is 10.7. The Morgan fingerprint density at radius 2 is 0.650 bits per heavy atom. The fraction of sp³-hybridized carbons (Fsp3) is 0.938. The van der Waals surface area contributed by atoms with Gasteiger partial charge in [0, 0.05) is 32.5 Å². The van der Waals surface area contributed by atoms with Crippen molar-refractivity contribution in [3.05, 3.63) is 0 Å². The highest BCUT2D eigenvalue weighted by Crippen LogP contribution is 2.12. The van der Waals surface area contributed by atoms with Crippen molar-refractivity contribution in [1.29, 1.82) is 0 Å². The van der Waals surface area contributed by atoms with E-state index in [0.717, 1.165) is 25.7 Å². The first kappa shape index (κ1) is 43.2. The van der Waals surface area contributed by atoms with E-state index in [4.69, 9.17) is 25.5 Å². The van der Waals surface area contributed by atoms with Gasteiger partial charge in [0.1, 0.15) is 0 Å². The summed E-state index contributed by atoms with van der Waals surface area (Å²) in [5.74, 6) is -1.32. The lowest BCUT2D eigenvalue weighted by Gasteiger charge is -2.17. The number of rotatable bonds is 28. The van der Waals surface area contributed by atoms with Crippen LogP contribution >= 0.6 is 0 Å². The minimum absolute atomic E-state index is 0.0694. The number of aliphatic hydroxyl groups excluding tert-OH is 3. The summed E-state index contributed by atoms with van der Waals surface area (Å²) in [5.41, 5.74) is 0. The third-order valence-corrected chi connectivity index (χ3v) is 6.74. The van der Waals surface area contributed by atoms with Gasteiger partial charge in [0.15, 0.2) is 0 Å². The minimum Gasteiger partial charge on any atom is -0.481 e. The summed E-state index contributed by atoms with van der Waals surface area (Å²) >= 11 is 0. The second kappa shape index (κ2) is 39.9. The Morgan fingerprint density at radius 3 is 0.850 bits per heavy atom. The van der Waals surface area contributed by atoms with E-state index in [1.807, 2.05) is 0 Å². The van der Waals surface area contributed by atoms with Crippen LogP contribution in [-0.4, -0.2) is 81.8 Å². The lowest BCUT2D eigenvalue weighted by molar-refractivity contribution is -0.138. The van der Waals surface area contributed by atoms with Crippen LogP contribution in [0.25, 0.3) is 0 Å². The summed E-state index contributed by atoms with van der Waals surface area (Å²) in [6, 6.07) is 0. The van der Waals surface area contributed by atoms with Gasteiger partial charge in [-0.2, -0.15) is 0 Å². The molecule has 8 heteroatoms. The average molecular weight is 578 g/mol. The number of carboxylic acid groups (broad SMARTS) is 2. The van der Waals surface area contributed by atoms with Gasteiger partial charge >= 0.3 is 11.9 Å². The van der Waals surface area contributed by atoms with E-state index in [2.05, 4.69) is 13.8 Å². The number of hydrogen-bond donors (Lipinski definition) is 5. The summed E-state index contributed by atoms with van der Waals surface area (Å²) in [6.07, 6.45) is 25.8. The molecule has 0 radical (unpaired) electrons. The van der Waals surface area contributed by atoms with Gasteiger partial charge in [-0.15, -0.1) is 0 Å². The van der Waals surface area contributed by atoms with Crippen LogP contribution in [0.5, 0.6) is 0 Å². The highest BCUT2D eigenvalue weighted by atomic mass is 16.4. The van der Waals surface area contributed by atoms with E-state index in [1.165, 1.54) is 103 Å². The highest BCUT2D eigenvalue weighted by molar-refractivity contribution is 5.66. The quantitative estimate of drug-likeness (QED) is 0.0625. The standard InChI is InChI=1S/C14H28O2.C12H24O2.C6H15NO3/c1-2-3-4-5-6-7-8-9-10-11-12-13-14(15)16;1-2-3-4-5-6-7-8-9-10-11-12(13)14;8-4-1-7(2-5-9)3-6-10/h2-13H2,1H3,(H,15,16);2-11H2,1H3,(H,13,14);8-10H,1-6H2. The van der Waals surface area contributed by atoms with Gasteiger partial charge in [0.25, 0.3) is 0 Å². The van der Waals surface area contributed by atoms with E-state index in [9.17, 15) is 9.59 Å². The largest absolute Gasteiger partial charge is 0.481 e. The van der Waals surface area contributed by atoms with E-state index < -0.39 is 11.9 Å². The van der Waals surface area contributed by atoms with Crippen LogP contribution in [0.4, 0.5) is 0 Å². The topological polar surface area (TPSA) is 139 Å². The van der Waals surface area contributed by atoms with Crippen molar-refractivity contribution >= 4 is 11.9 Å². The first-order chi connectivity index (χ1) is 19.4. The zero-order valence-corrected chi connectivity index (χ0v) is 26.3. The smallest absolute Gasteiger partial charge is 0.303 e. The molecular weight excluding hydrogens is 510 g/mol. The maximum absolute atomic E-state index is 10.3. The molecule has 0 aromatic rings. The number of nitrogens with zero attached hydrogens (tertiary/aromatic N) is 1. The van der Waals surface area contributed by atoms with E-state index in [-0.39, 0.29) is 19.8 Å². The van der Waals surface area contributed by atoms with Gasteiger partial charge in [-0.05, 0) is 12.8 Å². The van der Waals surface area contributed by atoms with Crippen molar-refractivity contribution in [2.24, 2.45) is 0 Å². The van der Waals surface area contributed by atoms with E-state index in [0.29, 0.717) is 32.5 Å². The van der Waals surface area contributed by atoms with Crippen molar-refractivity contribution < 1.29 is 35.1 Å². The van der Waals surface area contributed by atoms with Crippen LogP contribution in [0.15, 0.2) is 0 Å². The Labute approximate surface area is 246 Å². The van der Waals surface area contributed by atoms with Crippen molar-refractivity contribution in [2.45, 2.75) is 155 Å². The molecule has 0 aliphatic rings. The predicted octanol–water partition coefficient (Wildman–Crippen LogP) is 7.03. The zero-order valence-electron chi connectivity index (χ0n) is 26.3. The molecule has 0 saturated carbocycles. The number of hydrogen-bond acceptors (Lipinski definition) is 6. The van der Waals surface area contributed by atoms with Gasteiger partial charge < -0.3 is 25.5 Å². The third kappa shape index (κ3) is 46.6. The summed E-state index contributed by atoms with van der Waals surface area (Å²) in [7, 11) is 0. The Morgan fingerprint density at radius 1 is 0.425 bits per heavy atom. The monoisotopic (exact) mass is 577 g/mol. The molecule has 0 bridgehead atoms. The van der Waals surface area contributed by atoms with Crippen LogP contribution in [0, 0.1) is 0 Å². The molecule has 0 fully saturated rings. The summed E-state index contributed by atoms with van der Waals surface area (Å²) in [6.45, 7) is 6.23. The lowest BCUT2D eigenvalue weighted by Crippen LogP contribution is -2.32. The number of aliphatic hydroxyl groups is 3. The molecule has 0 atom stereocenters. The van der Waals surface area contributed by atoms with Gasteiger partial charge in [-0.25, -0.2) is 0 Å². The second-order valence-corrected chi connectivity index (χ2v) is 10.7. The predicted molar refractivity (Wildman–Crippen MR) is 166 cm³/mol. The van der Waals surface area contributed by atoms with Gasteiger partial charge in [0.05, 0.1) is 19.8 Å². The van der Waals surface area contributed by atoms with Crippen molar-refractivity contribution in [3.8, 4) is 0 Å². The Balaban J connectivity index is -0.000000527. The van der Waals surface area contributed by atoms with E-state index in [1.54, 1.807) is 4.90 Å². The van der Waals surface area contributed by atoms with Crippen LogP contribution in [0.3, 0.4) is 0 Å². The Hall–Kier alpha value is -1.22. The van der Waals surface area contributed by atoms with Crippen LogP contribution < -0.4 is 0 Å². The summed E-state index contributed by atoms with van der Waals surface area (Å²) in [5, 5.41) is 42.3. The fourth-order valence-electron chi connectivity index (χ4n) is 4.29. The average Bonchev–Trinajstić information content (AvgIpc) is 2.92. The fourth-order valence-corrected chi connectivity index (χ4v) is 4.29. The molecule has 0 saturated heterocycles. The molecule has 242 valence electrons. The van der Waals surface area contributed by atoms with Gasteiger partial charge in [-0.1, -0.05) is 129 Å². The molecular formula is C32H67NO7. The Kier molecular flexibility index (Phi) is 43.2. The first-order valence-corrected chi connectivity index (χ1v) is 16.4. The number of carbonyl (C=O) groups is 2. The van der Waals surface area contributed by atoms with Crippen molar-refractivity contribution in [3.63, 3.8) is 0 Å². The normalized spacial score (nSPS) is 10.6. The molecule has 0 amide bonds. The molecule has 5 N–H and O–H groups in total. The molecule has 0 rings (SSSR count). The zero-order chi connectivity index (χ0) is 30.5. The minimum atomic E-state index is -0.659. The van der Waals surface area contributed by atoms with E-state index >= 15 is 0 Å². The lowest BCUT2D eigenvalue weighted by atomic mass is 10.1. The molecule has 0 unspecified atom stereocenters. The molecule has 0 aliphatic carbocycles.